The lowest BCUT2D eigenvalue weighted by Gasteiger charge is -2.11. The first-order valence-corrected chi connectivity index (χ1v) is 8.11. The molecule has 0 spiro atoms. The Kier molecular flexibility index (Phi) is 4.57. The summed E-state index contributed by atoms with van der Waals surface area (Å²) in [6.45, 7) is 6.66. The van der Waals surface area contributed by atoms with E-state index in [9.17, 15) is 0 Å². The molecule has 1 N–H and O–H groups in total. The van der Waals surface area contributed by atoms with Crippen LogP contribution < -0.4 is 5.32 Å². The van der Waals surface area contributed by atoms with E-state index in [-0.39, 0.29) is 0 Å². The van der Waals surface area contributed by atoms with Gasteiger partial charge in [-0.05, 0) is 32.1 Å². The van der Waals surface area contributed by atoms with Crippen LogP contribution >= 0.6 is 0 Å². The molecule has 120 valence electrons. The van der Waals surface area contributed by atoms with Crippen molar-refractivity contribution < 1.29 is 8.83 Å². The molecule has 0 bridgehead atoms. The molecule has 0 radical (unpaired) electrons. The van der Waals surface area contributed by atoms with Crippen molar-refractivity contribution in [1.82, 2.24) is 20.5 Å². The summed E-state index contributed by atoms with van der Waals surface area (Å²) in [6.07, 6.45) is 5.24. The van der Waals surface area contributed by atoms with Gasteiger partial charge in [0, 0.05) is 25.8 Å². The minimum Gasteiger partial charge on any atom is -0.444 e. The van der Waals surface area contributed by atoms with Crippen LogP contribution in [0, 0.1) is 19.8 Å². The Balaban J connectivity index is 1.46. The Morgan fingerprint density at radius 2 is 1.95 bits per heavy atom. The first-order chi connectivity index (χ1) is 10.6. The van der Waals surface area contributed by atoms with Gasteiger partial charge in [0.05, 0.1) is 12.2 Å². The van der Waals surface area contributed by atoms with Crippen molar-refractivity contribution in [2.75, 3.05) is 0 Å². The van der Waals surface area contributed by atoms with Gasteiger partial charge in [-0.2, -0.15) is 0 Å². The number of hydrogen-bond acceptors (Lipinski definition) is 6. The van der Waals surface area contributed by atoms with Crippen molar-refractivity contribution in [3.63, 3.8) is 0 Å². The van der Waals surface area contributed by atoms with E-state index in [0.717, 1.165) is 54.9 Å². The number of hydrogen-bond donors (Lipinski definition) is 1. The summed E-state index contributed by atoms with van der Waals surface area (Å²) >= 11 is 0. The van der Waals surface area contributed by atoms with E-state index < -0.39 is 0 Å². The van der Waals surface area contributed by atoms with Crippen molar-refractivity contribution in [2.45, 2.75) is 65.5 Å². The van der Waals surface area contributed by atoms with E-state index in [1.165, 1.54) is 12.8 Å². The van der Waals surface area contributed by atoms with Crippen molar-refractivity contribution >= 4 is 0 Å². The molecule has 0 saturated heterocycles. The highest BCUT2D eigenvalue weighted by molar-refractivity contribution is 5.07. The maximum atomic E-state index is 5.61. The molecule has 2 atom stereocenters. The largest absolute Gasteiger partial charge is 0.444 e. The predicted octanol–water partition coefficient (Wildman–Crippen LogP) is 2.74. The molecule has 1 fully saturated rings. The number of aromatic nitrogens is 3. The highest BCUT2D eigenvalue weighted by atomic mass is 16.4. The fourth-order valence-corrected chi connectivity index (χ4v) is 3.18. The zero-order valence-corrected chi connectivity index (χ0v) is 13.6. The van der Waals surface area contributed by atoms with Gasteiger partial charge in [0.15, 0.2) is 5.89 Å². The topological polar surface area (TPSA) is 77.0 Å². The molecule has 2 aromatic heterocycles. The van der Waals surface area contributed by atoms with Crippen LogP contribution in [0.5, 0.6) is 0 Å². The smallest absolute Gasteiger partial charge is 0.216 e. The quantitative estimate of drug-likeness (QED) is 0.884. The van der Waals surface area contributed by atoms with Gasteiger partial charge in [-0.25, -0.2) is 4.98 Å². The van der Waals surface area contributed by atoms with Crippen LogP contribution in [0.2, 0.25) is 0 Å². The van der Waals surface area contributed by atoms with Crippen LogP contribution in [0.15, 0.2) is 8.83 Å². The maximum Gasteiger partial charge on any atom is 0.216 e. The third kappa shape index (κ3) is 3.55. The molecule has 2 aromatic rings. The minimum absolute atomic E-state index is 0.531. The normalized spacial score (nSPS) is 21.6. The molecule has 1 saturated carbocycles. The Morgan fingerprint density at radius 1 is 1.14 bits per heavy atom. The average molecular weight is 304 g/mol. The molecule has 0 unspecified atom stereocenters. The van der Waals surface area contributed by atoms with Crippen LogP contribution in [-0.4, -0.2) is 21.2 Å². The molecule has 0 aromatic carbocycles. The van der Waals surface area contributed by atoms with E-state index in [2.05, 4.69) is 20.5 Å². The molecular weight excluding hydrogens is 280 g/mol. The lowest BCUT2D eigenvalue weighted by atomic mass is 10.0. The summed E-state index contributed by atoms with van der Waals surface area (Å²) < 4.78 is 11.2. The summed E-state index contributed by atoms with van der Waals surface area (Å²) in [5.74, 6) is 3.83. The number of aryl methyl sites for hydroxylation is 3. The van der Waals surface area contributed by atoms with E-state index >= 15 is 0 Å². The van der Waals surface area contributed by atoms with E-state index in [1.54, 1.807) is 0 Å². The van der Waals surface area contributed by atoms with Crippen LogP contribution in [0.3, 0.4) is 0 Å². The highest BCUT2D eigenvalue weighted by Crippen LogP contribution is 2.28. The lowest BCUT2D eigenvalue weighted by Crippen LogP contribution is -2.26. The molecule has 3 rings (SSSR count). The molecule has 6 heteroatoms. The molecule has 22 heavy (non-hydrogen) atoms. The Hall–Kier alpha value is -1.69. The molecule has 1 aliphatic rings. The standard InChI is InChI=1S/C16H24N4O2/c1-4-15-19-20-16(22-15)8-12-5-6-13(7-12)17-9-14-10(2)18-11(3)21-14/h12-13,17H,4-9H2,1-3H3/t12-,13+/m1/s1. The second-order valence-corrected chi connectivity index (χ2v) is 6.15. The van der Waals surface area contributed by atoms with Crippen LogP contribution in [0.1, 0.15) is 55.3 Å². The zero-order chi connectivity index (χ0) is 15.5. The van der Waals surface area contributed by atoms with Gasteiger partial charge in [0.2, 0.25) is 11.8 Å². The molecule has 6 nitrogen and oxygen atoms in total. The lowest BCUT2D eigenvalue weighted by molar-refractivity contribution is 0.395. The molecule has 0 aliphatic heterocycles. The summed E-state index contributed by atoms with van der Waals surface area (Å²) in [7, 11) is 0. The third-order valence-electron chi connectivity index (χ3n) is 4.37. The summed E-state index contributed by atoms with van der Waals surface area (Å²) in [6, 6.07) is 0.531. The van der Waals surface area contributed by atoms with Gasteiger partial charge >= 0.3 is 0 Å². The van der Waals surface area contributed by atoms with E-state index in [0.29, 0.717) is 12.0 Å². The monoisotopic (exact) mass is 304 g/mol. The second kappa shape index (κ2) is 6.60. The van der Waals surface area contributed by atoms with Crippen molar-refractivity contribution in [3.05, 3.63) is 29.1 Å². The van der Waals surface area contributed by atoms with Gasteiger partial charge in [-0.1, -0.05) is 6.92 Å². The van der Waals surface area contributed by atoms with Gasteiger partial charge < -0.3 is 14.2 Å². The van der Waals surface area contributed by atoms with Gasteiger partial charge in [0.1, 0.15) is 5.76 Å². The average Bonchev–Trinajstić information content (AvgIpc) is 3.18. The fraction of sp³-hybridized carbons (Fsp3) is 0.688. The van der Waals surface area contributed by atoms with Crippen molar-refractivity contribution in [3.8, 4) is 0 Å². The Labute approximate surface area is 130 Å². The van der Waals surface area contributed by atoms with E-state index in [1.807, 2.05) is 20.8 Å². The number of nitrogens with zero attached hydrogens (tertiary/aromatic N) is 3. The minimum atomic E-state index is 0.531. The Morgan fingerprint density at radius 3 is 2.64 bits per heavy atom. The molecule has 2 heterocycles. The highest BCUT2D eigenvalue weighted by Gasteiger charge is 2.26. The first kappa shape index (κ1) is 15.2. The van der Waals surface area contributed by atoms with Crippen molar-refractivity contribution in [2.24, 2.45) is 5.92 Å². The molecular formula is C16H24N4O2. The SMILES string of the molecule is CCc1nnc(C[C@@H]2CC[C@H](NCc3oc(C)nc3C)C2)o1. The van der Waals surface area contributed by atoms with Gasteiger partial charge in [-0.3, -0.25) is 0 Å². The summed E-state index contributed by atoms with van der Waals surface area (Å²) in [4.78, 5) is 4.30. The Bertz CT molecular complexity index is 619. The second-order valence-electron chi connectivity index (χ2n) is 6.15. The third-order valence-corrected chi connectivity index (χ3v) is 4.37. The number of rotatable bonds is 6. The van der Waals surface area contributed by atoms with E-state index in [4.69, 9.17) is 8.83 Å². The summed E-state index contributed by atoms with van der Waals surface area (Å²) in [5.41, 5.74) is 0.984. The predicted molar refractivity (Wildman–Crippen MR) is 81.3 cm³/mol. The maximum absolute atomic E-state index is 5.61. The zero-order valence-electron chi connectivity index (χ0n) is 13.6. The molecule has 0 amide bonds. The fourth-order valence-electron chi connectivity index (χ4n) is 3.18. The van der Waals surface area contributed by atoms with Crippen molar-refractivity contribution in [1.29, 1.82) is 0 Å². The van der Waals surface area contributed by atoms with Gasteiger partial charge in [0.25, 0.3) is 0 Å². The summed E-state index contributed by atoms with van der Waals surface area (Å²) in [5, 5.41) is 11.7. The van der Waals surface area contributed by atoms with Crippen LogP contribution in [0.4, 0.5) is 0 Å². The molecule has 1 aliphatic carbocycles. The number of nitrogens with one attached hydrogen (secondary N) is 1. The van der Waals surface area contributed by atoms with Gasteiger partial charge in [-0.15, -0.1) is 10.2 Å². The first-order valence-electron chi connectivity index (χ1n) is 8.11. The van der Waals surface area contributed by atoms with Crippen LogP contribution in [-0.2, 0) is 19.4 Å². The van der Waals surface area contributed by atoms with Crippen LogP contribution in [0.25, 0.3) is 0 Å². The number of oxazole rings is 1.